The predicted octanol–water partition coefficient (Wildman–Crippen LogP) is 1.85. The van der Waals surface area contributed by atoms with Crippen LogP contribution in [0.5, 0.6) is 0 Å². The van der Waals surface area contributed by atoms with E-state index in [0.717, 1.165) is 25.5 Å². The number of nitrogens with one attached hydrogen (secondary N) is 1. The van der Waals surface area contributed by atoms with Crippen molar-refractivity contribution in [1.82, 2.24) is 5.32 Å². The van der Waals surface area contributed by atoms with Gasteiger partial charge in [0.05, 0.1) is 17.4 Å². The fraction of sp³-hybridized carbons (Fsp3) is 0.462. The van der Waals surface area contributed by atoms with Crippen molar-refractivity contribution in [3.8, 4) is 0 Å². The van der Waals surface area contributed by atoms with Gasteiger partial charge in [-0.25, -0.2) is 8.78 Å². The van der Waals surface area contributed by atoms with E-state index in [1.54, 1.807) is 0 Å². The number of hydrogen-bond acceptors (Lipinski definition) is 3. The Labute approximate surface area is 109 Å². The van der Waals surface area contributed by atoms with Crippen LogP contribution in [0.25, 0.3) is 0 Å². The third-order valence-corrected chi connectivity index (χ3v) is 3.11. The molecule has 1 aromatic carbocycles. The third kappa shape index (κ3) is 3.41. The molecule has 0 saturated carbocycles. The molecule has 6 heteroatoms. The molecule has 0 spiro atoms. The number of benzene rings is 1. The number of nitrogen functional groups attached to an aromatic ring is 1. The Balaban J connectivity index is 1.90. The van der Waals surface area contributed by atoms with Crippen LogP contribution in [-0.4, -0.2) is 25.2 Å². The number of carbonyl (C=O) groups is 1. The first-order chi connectivity index (χ1) is 9.08. The van der Waals surface area contributed by atoms with Crippen molar-refractivity contribution < 1.29 is 18.3 Å². The van der Waals surface area contributed by atoms with Gasteiger partial charge in [-0.2, -0.15) is 0 Å². The Morgan fingerprint density at radius 3 is 2.89 bits per heavy atom. The lowest BCUT2D eigenvalue weighted by atomic mass is 10.1. The van der Waals surface area contributed by atoms with Gasteiger partial charge in [-0.15, -0.1) is 0 Å². The van der Waals surface area contributed by atoms with E-state index < -0.39 is 17.5 Å². The number of hydrogen-bond donors (Lipinski definition) is 2. The Kier molecular flexibility index (Phi) is 4.31. The first-order valence-corrected chi connectivity index (χ1v) is 6.22. The summed E-state index contributed by atoms with van der Waals surface area (Å²) in [7, 11) is 0. The van der Waals surface area contributed by atoms with Crippen LogP contribution in [0.4, 0.5) is 14.5 Å². The Morgan fingerprint density at radius 2 is 2.21 bits per heavy atom. The zero-order valence-corrected chi connectivity index (χ0v) is 10.4. The summed E-state index contributed by atoms with van der Waals surface area (Å²) in [4.78, 5) is 11.7. The molecular formula is C13H16F2N2O2. The van der Waals surface area contributed by atoms with Crippen LogP contribution in [0.15, 0.2) is 12.1 Å². The molecule has 1 unspecified atom stereocenters. The van der Waals surface area contributed by atoms with Crippen molar-refractivity contribution in [3.63, 3.8) is 0 Å². The Hall–Kier alpha value is -1.69. The normalized spacial score (nSPS) is 18.5. The highest BCUT2D eigenvalue weighted by molar-refractivity contribution is 5.95. The van der Waals surface area contributed by atoms with Crippen LogP contribution >= 0.6 is 0 Å². The summed E-state index contributed by atoms with van der Waals surface area (Å²) in [5.41, 5.74) is 4.82. The van der Waals surface area contributed by atoms with Gasteiger partial charge in [0.15, 0.2) is 0 Å². The monoisotopic (exact) mass is 270 g/mol. The first-order valence-electron chi connectivity index (χ1n) is 6.22. The Bertz CT molecular complexity index is 474. The fourth-order valence-electron chi connectivity index (χ4n) is 2.05. The average molecular weight is 270 g/mol. The molecule has 0 radical (unpaired) electrons. The molecule has 1 atom stereocenters. The van der Waals surface area contributed by atoms with Crippen molar-refractivity contribution in [2.24, 2.45) is 0 Å². The summed E-state index contributed by atoms with van der Waals surface area (Å²) in [5.74, 6) is -2.38. The highest BCUT2D eigenvalue weighted by atomic mass is 19.1. The average Bonchev–Trinajstić information content (AvgIpc) is 2.86. The summed E-state index contributed by atoms with van der Waals surface area (Å²) in [6, 6.07) is 1.62. The summed E-state index contributed by atoms with van der Waals surface area (Å²) < 4.78 is 31.8. The molecule has 1 aliphatic rings. The lowest BCUT2D eigenvalue weighted by Gasteiger charge is -2.11. The zero-order chi connectivity index (χ0) is 13.8. The third-order valence-electron chi connectivity index (χ3n) is 3.11. The number of amides is 1. The molecule has 0 bridgehead atoms. The largest absolute Gasteiger partial charge is 0.396 e. The zero-order valence-electron chi connectivity index (χ0n) is 10.4. The minimum absolute atomic E-state index is 0.156. The number of nitrogens with two attached hydrogens (primary N) is 1. The lowest BCUT2D eigenvalue weighted by Crippen LogP contribution is -2.28. The maximum atomic E-state index is 13.4. The topological polar surface area (TPSA) is 64.4 Å². The second kappa shape index (κ2) is 5.97. The predicted molar refractivity (Wildman–Crippen MR) is 66.7 cm³/mol. The quantitative estimate of drug-likeness (QED) is 0.821. The van der Waals surface area contributed by atoms with Gasteiger partial charge in [0.1, 0.15) is 11.6 Å². The molecule has 1 fully saturated rings. The van der Waals surface area contributed by atoms with Crippen molar-refractivity contribution in [3.05, 3.63) is 29.3 Å². The van der Waals surface area contributed by atoms with Crippen LogP contribution < -0.4 is 11.1 Å². The molecule has 1 amide bonds. The summed E-state index contributed by atoms with van der Waals surface area (Å²) in [5, 5.41) is 2.58. The maximum absolute atomic E-state index is 13.4. The second-order valence-corrected chi connectivity index (χ2v) is 4.53. The van der Waals surface area contributed by atoms with Gasteiger partial charge in [0.2, 0.25) is 0 Å². The van der Waals surface area contributed by atoms with Gasteiger partial charge in [-0.3, -0.25) is 4.79 Å². The van der Waals surface area contributed by atoms with Crippen LogP contribution in [-0.2, 0) is 4.74 Å². The smallest absolute Gasteiger partial charge is 0.254 e. The first kappa shape index (κ1) is 13.7. The maximum Gasteiger partial charge on any atom is 0.254 e. The van der Waals surface area contributed by atoms with Gasteiger partial charge >= 0.3 is 0 Å². The van der Waals surface area contributed by atoms with Gasteiger partial charge in [0.25, 0.3) is 5.91 Å². The highest BCUT2D eigenvalue weighted by Gasteiger charge is 2.17. The number of ether oxygens (including phenoxy) is 1. The molecule has 1 aliphatic heterocycles. The van der Waals surface area contributed by atoms with Crippen molar-refractivity contribution in [1.29, 1.82) is 0 Å². The van der Waals surface area contributed by atoms with Crippen molar-refractivity contribution >= 4 is 11.6 Å². The van der Waals surface area contributed by atoms with E-state index in [9.17, 15) is 13.6 Å². The fourth-order valence-corrected chi connectivity index (χ4v) is 2.05. The number of anilines is 1. The Morgan fingerprint density at radius 1 is 1.42 bits per heavy atom. The summed E-state index contributed by atoms with van der Waals surface area (Å²) in [6.45, 7) is 1.14. The number of halogens is 2. The van der Waals surface area contributed by atoms with E-state index in [1.165, 1.54) is 0 Å². The SMILES string of the molecule is Nc1cc(C(=O)NCCC2CCCO2)c(F)cc1F. The molecule has 4 nitrogen and oxygen atoms in total. The van der Waals surface area contributed by atoms with Crippen LogP contribution in [0.3, 0.4) is 0 Å². The lowest BCUT2D eigenvalue weighted by molar-refractivity contribution is 0.0904. The highest BCUT2D eigenvalue weighted by Crippen LogP contribution is 2.17. The molecule has 1 aromatic rings. The van der Waals surface area contributed by atoms with E-state index in [1.807, 2.05) is 0 Å². The van der Waals surface area contributed by atoms with Crippen molar-refractivity contribution in [2.75, 3.05) is 18.9 Å². The van der Waals surface area contributed by atoms with Gasteiger partial charge < -0.3 is 15.8 Å². The van der Waals surface area contributed by atoms with Gasteiger partial charge in [-0.1, -0.05) is 0 Å². The molecule has 0 aliphatic carbocycles. The van der Waals surface area contributed by atoms with E-state index in [-0.39, 0.29) is 17.4 Å². The molecule has 1 saturated heterocycles. The van der Waals surface area contributed by atoms with E-state index >= 15 is 0 Å². The van der Waals surface area contributed by atoms with Crippen molar-refractivity contribution in [2.45, 2.75) is 25.4 Å². The minimum atomic E-state index is -0.915. The molecule has 104 valence electrons. The molecule has 0 aromatic heterocycles. The second-order valence-electron chi connectivity index (χ2n) is 4.53. The van der Waals surface area contributed by atoms with E-state index in [0.29, 0.717) is 19.0 Å². The number of rotatable bonds is 4. The molecular weight excluding hydrogens is 254 g/mol. The summed E-state index contributed by atoms with van der Waals surface area (Å²) in [6.07, 6.45) is 2.85. The van der Waals surface area contributed by atoms with Crippen LogP contribution in [0.2, 0.25) is 0 Å². The molecule has 3 N–H and O–H groups in total. The van der Waals surface area contributed by atoms with Gasteiger partial charge in [0, 0.05) is 19.2 Å². The minimum Gasteiger partial charge on any atom is -0.396 e. The van der Waals surface area contributed by atoms with Crippen LogP contribution in [0, 0.1) is 11.6 Å². The van der Waals surface area contributed by atoms with E-state index in [2.05, 4.69) is 5.32 Å². The van der Waals surface area contributed by atoms with Gasteiger partial charge in [-0.05, 0) is 25.3 Å². The standard InChI is InChI=1S/C13H16F2N2O2/c14-10-7-11(15)12(16)6-9(10)13(18)17-4-3-8-2-1-5-19-8/h6-8H,1-5,16H2,(H,17,18). The summed E-state index contributed by atoms with van der Waals surface area (Å²) >= 11 is 0. The number of carbonyl (C=O) groups excluding carboxylic acids is 1. The van der Waals surface area contributed by atoms with Crippen LogP contribution in [0.1, 0.15) is 29.6 Å². The molecule has 1 heterocycles. The van der Waals surface area contributed by atoms with E-state index in [4.69, 9.17) is 10.5 Å². The molecule has 2 rings (SSSR count). The molecule has 19 heavy (non-hydrogen) atoms.